The third-order valence-corrected chi connectivity index (χ3v) is 4.45. The topological polar surface area (TPSA) is 130 Å². The number of imidazole rings is 1. The van der Waals surface area contributed by atoms with Crippen molar-refractivity contribution in [3.8, 4) is 0 Å². The first-order chi connectivity index (χ1) is 10.3. The fourth-order valence-electron chi connectivity index (χ4n) is 3.30. The molecule has 1 aliphatic rings. The number of aryl methyl sites for hydroxylation is 1. The van der Waals surface area contributed by atoms with Crippen molar-refractivity contribution in [2.45, 2.75) is 31.6 Å². The van der Waals surface area contributed by atoms with Crippen LogP contribution < -0.4 is 5.73 Å². The molecule has 5 N–H and O–H groups in total. The number of aliphatic hydroxyl groups excluding tert-OH is 2. The molecule has 118 valence electrons. The van der Waals surface area contributed by atoms with Gasteiger partial charge in [-0.1, -0.05) is 6.58 Å². The normalized spacial score (nSPS) is 32.0. The van der Waals surface area contributed by atoms with Crippen LogP contribution in [0.15, 0.2) is 18.5 Å². The standard InChI is InChI=1S/C14H19N5O3/c1-6-8(4-20)11(21)14(3,22)10(6)19-5-16-9-7(2)17-13(15)18-12(9)19/h5,8,10-11,20-22H,1,4H2,2-3H3,(H2,15,17,18). The van der Waals surface area contributed by atoms with Gasteiger partial charge < -0.3 is 25.6 Å². The number of aliphatic hydroxyl groups is 3. The molecule has 4 unspecified atom stereocenters. The maximum absolute atomic E-state index is 10.7. The average Bonchev–Trinajstić information content (AvgIpc) is 2.89. The van der Waals surface area contributed by atoms with E-state index in [1.807, 2.05) is 0 Å². The molecular weight excluding hydrogens is 286 g/mol. The number of rotatable bonds is 2. The van der Waals surface area contributed by atoms with E-state index in [1.54, 1.807) is 11.5 Å². The summed E-state index contributed by atoms with van der Waals surface area (Å²) < 4.78 is 1.63. The lowest BCUT2D eigenvalue weighted by atomic mass is 9.96. The first-order valence-corrected chi connectivity index (χ1v) is 6.95. The molecule has 2 aromatic rings. The van der Waals surface area contributed by atoms with E-state index in [-0.39, 0.29) is 12.6 Å². The van der Waals surface area contributed by atoms with Crippen molar-refractivity contribution in [3.05, 3.63) is 24.2 Å². The predicted molar refractivity (Wildman–Crippen MR) is 79.9 cm³/mol. The number of nitrogens with zero attached hydrogens (tertiary/aromatic N) is 4. The number of aromatic nitrogens is 4. The second-order valence-corrected chi connectivity index (χ2v) is 5.93. The Balaban J connectivity index is 2.21. The highest BCUT2D eigenvalue weighted by Gasteiger charge is 2.54. The van der Waals surface area contributed by atoms with Crippen molar-refractivity contribution in [1.82, 2.24) is 19.5 Å². The minimum absolute atomic E-state index is 0.106. The van der Waals surface area contributed by atoms with Crippen LogP contribution in [0.25, 0.3) is 11.2 Å². The van der Waals surface area contributed by atoms with Gasteiger partial charge >= 0.3 is 0 Å². The fourth-order valence-corrected chi connectivity index (χ4v) is 3.30. The molecule has 2 aromatic heterocycles. The summed E-state index contributed by atoms with van der Waals surface area (Å²) in [5.74, 6) is -0.507. The van der Waals surface area contributed by atoms with Gasteiger partial charge in [0.05, 0.1) is 30.8 Å². The van der Waals surface area contributed by atoms with Crippen molar-refractivity contribution >= 4 is 17.1 Å². The molecule has 0 bridgehead atoms. The Bertz CT molecular complexity index is 754. The number of nitrogen functional groups attached to an aromatic ring is 1. The second kappa shape index (κ2) is 4.73. The molecule has 8 heteroatoms. The van der Waals surface area contributed by atoms with Crippen molar-refractivity contribution < 1.29 is 15.3 Å². The number of hydrogen-bond acceptors (Lipinski definition) is 7. The SMILES string of the molecule is C=C1C(CO)C(O)C(C)(O)C1n1cnc2c(C)nc(N)nc21. The zero-order chi connectivity index (χ0) is 16.2. The van der Waals surface area contributed by atoms with Gasteiger partial charge in [0.2, 0.25) is 5.95 Å². The Morgan fingerprint density at radius 3 is 2.73 bits per heavy atom. The van der Waals surface area contributed by atoms with Gasteiger partial charge in [-0.05, 0) is 19.4 Å². The van der Waals surface area contributed by atoms with Crippen molar-refractivity contribution in [3.63, 3.8) is 0 Å². The van der Waals surface area contributed by atoms with E-state index in [4.69, 9.17) is 5.73 Å². The van der Waals surface area contributed by atoms with Crippen LogP contribution in [0.4, 0.5) is 5.95 Å². The van der Waals surface area contributed by atoms with Gasteiger partial charge in [-0.25, -0.2) is 9.97 Å². The maximum Gasteiger partial charge on any atom is 0.222 e. The zero-order valence-electron chi connectivity index (χ0n) is 12.4. The van der Waals surface area contributed by atoms with Crippen LogP contribution in [0.1, 0.15) is 18.7 Å². The molecule has 22 heavy (non-hydrogen) atoms. The summed E-state index contributed by atoms with van der Waals surface area (Å²) in [6, 6.07) is -0.668. The van der Waals surface area contributed by atoms with Crippen LogP contribution in [0.5, 0.6) is 0 Å². The Labute approximate surface area is 127 Å². The van der Waals surface area contributed by atoms with E-state index in [0.717, 1.165) is 0 Å². The smallest absolute Gasteiger partial charge is 0.222 e. The molecule has 0 radical (unpaired) electrons. The van der Waals surface area contributed by atoms with E-state index >= 15 is 0 Å². The lowest BCUT2D eigenvalue weighted by Crippen LogP contribution is -2.42. The number of hydrogen-bond donors (Lipinski definition) is 4. The largest absolute Gasteiger partial charge is 0.396 e. The number of nitrogens with two attached hydrogens (primary N) is 1. The van der Waals surface area contributed by atoms with Crippen LogP contribution in [0.2, 0.25) is 0 Å². The van der Waals surface area contributed by atoms with E-state index in [0.29, 0.717) is 22.4 Å². The summed E-state index contributed by atoms with van der Waals surface area (Å²) in [5, 5.41) is 30.4. The minimum atomic E-state index is -1.51. The Kier molecular flexibility index (Phi) is 3.20. The van der Waals surface area contributed by atoms with Crippen molar-refractivity contribution in [1.29, 1.82) is 0 Å². The molecule has 1 saturated carbocycles. The average molecular weight is 305 g/mol. The van der Waals surface area contributed by atoms with Gasteiger partial charge in [0.25, 0.3) is 0 Å². The first-order valence-electron chi connectivity index (χ1n) is 6.95. The lowest BCUT2D eigenvalue weighted by Gasteiger charge is -2.29. The molecule has 0 amide bonds. The fraction of sp³-hybridized carbons (Fsp3) is 0.500. The van der Waals surface area contributed by atoms with Crippen molar-refractivity contribution in [2.75, 3.05) is 12.3 Å². The molecular formula is C14H19N5O3. The molecule has 1 fully saturated rings. The quantitative estimate of drug-likeness (QED) is 0.553. The van der Waals surface area contributed by atoms with E-state index in [9.17, 15) is 15.3 Å². The molecule has 4 atom stereocenters. The maximum atomic E-state index is 10.7. The molecule has 1 aliphatic carbocycles. The van der Waals surface area contributed by atoms with Gasteiger partial charge in [-0.3, -0.25) is 0 Å². The van der Waals surface area contributed by atoms with Crippen LogP contribution in [0, 0.1) is 12.8 Å². The first kappa shape index (κ1) is 14.9. The Morgan fingerprint density at radius 2 is 2.14 bits per heavy atom. The summed E-state index contributed by atoms with van der Waals surface area (Å²) in [6.07, 6.45) is 0.385. The predicted octanol–water partition coefficient (Wildman–Crippen LogP) is -0.452. The molecule has 8 nitrogen and oxygen atoms in total. The Hall–Kier alpha value is -2.03. The number of fused-ring (bicyclic) bond motifs is 1. The summed E-state index contributed by atoms with van der Waals surface area (Å²) in [6.45, 7) is 6.92. The van der Waals surface area contributed by atoms with E-state index < -0.39 is 23.7 Å². The van der Waals surface area contributed by atoms with Gasteiger partial charge in [0.15, 0.2) is 5.65 Å². The highest BCUT2D eigenvalue weighted by atomic mass is 16.3. The molecule has 2 heterocycles. The molecule has 0 aromatic carbocycles. The molecule has 3 rings (SSSR count). The third kappa shape index (κ3) is 1.84. The van der Waals surface area contributed by atoms with Gasteiger partial charge in [-0.15, -0.1) is 0 Å². The Morgan fingerprint density at radius 1 is 1.45 bits per heavy atom. The van der Waals surface area contributed by atoms with E-state index in [2.05, 4.69) is 21.5 Å². The highest BCUT2D eigenvalue weighted by molar-refractivity contribution is 5.74. The van der Waals surface area contributed by atoms with Gasteiger partial charge in [0.1, 0.15) is 11.1 Å². The van der Waals surface area contributed by atoms with Gasteiger partial charge in [0, 0.05) is 5.92 Å². The second-order valence-electron chi connectivity index (χ2n) is 5.93. The van der Waals surface area contributed by atoms with Crippen LogP contribution in [-0.2, 0) is 0 Å². The van der Waals surface area contributed by atoms with Crippen LogP contribution in [-0.4, -0.2) is 53.2 Å². The molecule has 0 saturated heterocycles. The summed E-state index contributed by atoms with van der Waals surface area (Å²) in [5.41, 5.74) is 6.37. The van der Waals surface area contributed by atoms with Crippen molar-refractivity contribution in [2.24, 2.45) is 5.92 Å². The summed E-state index contributed by atoms with van der Waals surface area (Å²) >= 11 is 0. The molecule has 0 aliphatic heterocycles. The minimum Gasteiger partial charge on any atom is -0.396 e. The molecule has 0 spiro atoms. The highest BCUT2D eigenvalue weighted by Crippen LogP contribution is 2.47. The van der Waals surface area contributed by atoms with E-state index in [1.165, 1.54) is 13.3 Å². The van der Waals surface area contributed by atoms with Gasteiger partial charge in [-0.2, -0.15) is 4.98 Å². The zero-order valence-corrected chi connectivity index (χ0v) is 12.4. The monoisotopic (exact) mass is 305 g/mol. The summed E-state index contributed by atoms with van der Waals surface area (Å²) in [7, 11) is 0. The number of anilines is 1. The third-order valence-electron chi connectivity index (χ3n) is 4.45. The lowest BCUT2D eigenvalue weighted by molar-refractivity contribution is -0.0776. The summed E-state index contributed by atoms with van der Waals surface area (Å²) in [4.78, 5) is 12.5. The van der Waals surface area contributed by atoms with Crippen LogP contribution >= 0.6 is 0 Å². The van der Waals surface area contributed by atoms with Crippen LogP contribution in [0.3, 0.4) is 0 Å².